The molecule has 1 rings (SSSR count). The predicted molar refractivity (Wildman–Crippen MR) is 72.0 cm³/mol. The van der Waals surface area contributed by atoms with Crippen molar-refractivity contribution >= 4 is 28.1 Å². The number of benzene rings is 1. The first-order valence-electron chi connectivity index (χ1n) is 5.38. The molecule has 2 nitrogen and oxygen atoms in total. The second kappa shape index (κ2) is 6.26. The molecule has 2 N–H and O–H groups in total. The van der Waals surface area contributed by atoms with Crippen molar-refractivity contribution in [1.29, 1.82) is 0 Å². The molecule has 1 aromatic carbocycles. The van der Waals surface area contributed by atoms with E-state index >= 15 is 0 Å². The summed E-state index contributed by atoms with van der Waals surface area (Å²) in [6.07, 6.45) is 0.986. The Morgan fingerprint density at radius 2 is 2.12 bits per heavy atom. The first kappa shape index (κ1) is 13.5. The molecule has 0 heterocycles. The highest BCUT2D eigenvalue weighted by Crippen LogP contribution is 2.19. The summed E-state index contributed by atoms with van der Waals surface area (Å²) in [6, 6.07) is 5.34. The summed E-state index contributed by atoms with van der Waals surface area (Å²) in [6.45, 7) is 4.27. The minimum Gasteiger partial charge on any atom is -0.398 e. The van der Waals surface area contributed by atoms with Gasteiger partial charge in [-0.25, -0.2) is 0 Å². The van der Waals surface area contributed by atoms with E-state index in [2.05, 4.69) is 13.8 Å². The van der Waals surface area contributed by atoms with Crippen LogP contribution in [0.5, 0.6) is 0 Å². The van der Waals surface area contributed by atoms with E-state index in [1.54, 1.807) is 12.1 Å². The van der Waals surface area contributed by atoms with Gasteiger partial charge in [0.05, 0.1) is 5.75 Å². The van der Waals surface area contributed by atoms with Crippen LogP contribution in [0.1, 0.15) is 25.8 Å². The zero-order chi connectivity index (χ0) is 12.1. The van der Waals surface area contributed by atoms with E-state index in [1.165, 1.54) is 0 Å². The average molecular weight is 260 g/mol. The molecule has 0 fully saturated rings. The predicted octanol–water partition coefficient (Wildman–Crippen LogP) is 3.22. The largest absolute Gasteiger partial charge is 0.398 e. The van der Waals surface area contributed by atoms with Crippen molar-refractivity contribution in [1.82, 2.24) is 0 Å². The van der Waals surface area contributed by atoms with Crippen molar-refractivity contribution in [3.63, 3.8) is 0 Å². The average Bonchev–Trinajstić information content (AvgIpc) is 2.19. The van der Waals surface area contributed by atoms with Gasteiger partial charge in [-0.3, -0.25) is 4.21 Å². The maximum absolute atomic E-state index is 11.8. The molecule has 0 aliphatic rings. The van der Waals surface area contributed by atoms with E-state index in [0.717, 1.165) is 17.7 Å². The van der Waals surface area contributed by atoms with Gasteiger partial charge in [0.15, 0.2) is 0 Å². The van der Waals surface area contributed by atoms with Gasteiger partial charge in [0.25, 0.3) is 0 Å². The second-order valence-electron chi connectivity index (χ2n) is 4.31. The van der Waals surface area contributed by atoms with Crippen LogP contribution in [0.4, 0.5) is 5.69 Å². The van der Waals surface area contributed by atoms with Gasteiger partial charge in [-0.1, -0.05) is 31.5 Å². The molecule has 0 aromatic heterocycles. The summed E-state index contributed by atoms with van der Waals surface area (Å²) in [5.41, 5.74) is 7.36. The zero-order valence-electron chi connectivity index (χ0n) is 9.70. The molecule has 1 aromatic rings. The van der Waals surface area contributed by atoms with Crippen molar-refractivity contribution in [3.8, 4) is 0 Å². The Morgan fingerprint density at radius 3 is 2.69 bits per heavy atom. The van der Waals surface area contributed by atoms with Gasteiger partial charge in [-0.2, -0.15) is 0 Å². The summed E-state index contributed by atoms with van der Waals surface area (Å²) in [7, 11) is -0.832. The molecule has 90 valence electrons. The maximum atomic E-state index is 11.8. The molecule has 16 heavy (non-hydrogen) atoms. The first-order chi connectivity index (χ1) is 7.49. The fourth-order valence-electron chi connectivity index (χ4n) is 1.31. The second-order valence-corrected chi connectivity index (χ2v) is 6.33. The Kier molecular flexibility index (Phi) is 5.29. The molecular weight excluding hydrogens is 242 g/mol. The number of hydrogen-bond acceptors (Lipinski definition) is 2. The Morgan fingerprint density at radius 1 is 1.44 bits per heavy atom. The van der Waals surface area contributed by atoms with Gasteiger partial charge in [-0.05, 0) is 30.0 Å². The van der Waals surface area contributed by atoms with Crippen LogP contribution in [0.3, 0.4) is 0 Å². The number of anilines is 1. The molecule has 1 atom stereocenters. The van der Waals surface area contributed by atoms with Gasteiger partial charge in [0, 0.05) is 27.3 Å². The molecule has 0 saturated carbocycles. The third-order valence-electron chi connectivity index (χ3n) is 2.35. The highest BCUT2D eigenvalue weighted by atomic mass is 35.5. The number of halogens is 1. The Labute approximate surface area is 105 Å². The fraction of sp³-hybridized carbons (Fsp3) is 0.500. The minimum atomic E-state index is -0.832. The van der Waals surface area contributed by atoms with E-state index in [-0.39, 0.29) is 0 Å². The van der Waals surface area contributed by atoms with Crippen LogP contribution >= 0.6 is 11.6 Å². The Balaban J connectivity index is 2.56. The molecule has 1 unspecified atom stereocenters. The number of nitrogen functional groups attached to an aromatic ring is 1. The molecule has 4 heteroatoms. The fourth-order valence-corrected chi connectivity index (χ4v) is 2.98. The van der Waals surface area contributed by atoms with Gasteiger partial charge in [-0.15, -0.1) is 0 Å². The van der Waals surface area contributed by atoms with Crippen molar-refractivity contribution in [2.24, 2.45) is 5.92 Å². The minimum absolute atomic E-state index is 0.524. The van der Waals surface area contributed by atoms with Gasteiger partial charge in [0.2, 0.25) is 0 Å². The van der Waals surface area contributed by atoms with Crippen LogP contribution in [0.25, 0.3) is 0 Å². The van der Waals surface area contributed by atoms with Crippen LogP contribution < -0.4 is 5.73 Å². The summed E-state index contributed by atoms with van der Waals surface area (Å²) in [4.78, 5) is 0. The maximum Gasteiger partial charge on any atom is 0.0505 e. The summed E-state index contributed by atoms with van der Waals surface area (Å²) < 4.78 is 11.8. The lowest BCUT2D eigenvalue weighted by molar-refractivity contribution is 0.619. The molecule has 0 radical (unpaired) electrons. The molecule has 0 amide bonds. The third-order valence-corrected chi connectivity index (χ3v) is 3.91. The van der Waals surface area contributed by atoms with Crippen molar-refractivity contribution < 1.29 is 4.21 Å². The molecule has 0 bridgehead atoms. The van der Waals surface area contributed by atoms with Crippen LogP contribution in [0.2, 0.25) is 5.02 Å². The Bertz CT molecular complexity index is 379. The summed E-state index contributed by atoms with van der Waals surface area (Å²) in [5.74, 6) is 1.85. The van der Waals surface area contributed by atoms with E-state index in [4.69, 9.17) is 17.3 Å². The van der Waals surface area contributed by atoms with E-state index in [9.17, 15) is 4.21 Å². The van der Waals surface area contributed by atoms with Crippen LogP contribution in [0.15, 0.2) is 18.2 Å². The molecule has 0 spiro atoms. The summed E-state index contributed by atoms with van der Waals surface area (Å²) >= 11 is 5.80. The smallest absolute Gasteiger partial charge is 0.0505 e. The number of nitrogens with two attached hydrogens (primary N) is 1. The SMILES string of the molecule is CC(C)CCS(=O)Cc1ccc(Cl)cc1N. The van der Waals surface area contributed by atoms with E-state index < -0.39 is 10.8 Å². The van der Waals surface area contributed by atoms with Crippen molar-refractivity contribution in [3.05, 3.63) is 28.8 Å². The molecule has 0 aliphatic carbocycles. The van der Waals surface area contributed by atoms with Crippen LogP contribution in [-0.2, 0) is 16.6 Å². The molecule has 0 saturated heterocycles. The number of hydrogen-bond donors (Lipinski definition) is 1. The van der Waals surface area contributed by atoms with Gasteiger partial charge >= 0.3 is 0 Å². The topological polar surface area (TPSA) is 43.1 Å². The lowest BCUT2D eigenvalue weighted by Crippen LogP contribution is -2.05. The molecule has 0 aliphatic heterocycles. The lowest BCUT2D eigenvalue weighted by atomic mass is 10.2. The van der Waals surface area contributed by atoms with Crippen LogP contribution in [0, 0.1) is 5.92 Å². The third kappa shape index (κ3) is 4.54. The van der Waals surface area contributed by atoms with Gasteiger partial charge in [0.1, 0.15) is 0 Å². The Hall–Kier alpha value is -0.540. The molecular formula is C12H18ClNOS. The van der Waals surface area contributed by atoms with Gasteiger partial charge < -0.3 is 5.73 Å². The monoisotopic (exact) mass is 259 g/mol. The van der Waals surface area contributed by atoms with E-state index in [0.29, 0.717) is 22.4 Å². The van der Waals surface area contributed by atoms with Crippen LogP contribution in [-0.4, -0.2) is 9.96 Å². The first-order valence-corrected chi connectivity index (χ1v) is 7.24. The lowest BCUT2D eigenvalue weighted by Gasteiger charge is -2.07. The number of rotatable bonds is 5. The van der Waals surface area contributed by atoms with Crippen molar-refractivity contribution in [2.75, 3.05) is 11.5 Å². The van der Waals surface area contributed by atoms with Crippen molar-refractivity contribution in [2.45, 2.75) is 26.0 Å². The summed E-state index contributed by atoms with van der Waals surface area (Å²) in [5, 5.41) is 0.620. The van der Waals surface area contributed by atoms with E-state index in [1.807, 2.05) is 6.07 Å². The highest BCUT2D eigenvalue weighted by Gasteiger charge is 2.06. The highest BCUT2D eigenvalue weighted by molar-refractivity contribution is 7.84. The normalized spacial score (nSPS) is 13.0. The zero-order valence-corrected chi connectivity index (χ0v) is 11.3. The quantitative estimate of drug-likeness (QED) is 0.825. The standard InChI is InChI=1S/C12H18ClNOS/c1-9(2)5-6-16(15)8-10-3-4-11(13)7-12(10)14/h3-4,7,9H,5-6,8,14H2,1-2H3.